The van der Waals surface area contributed by atoms with Crippen molar-refractivity contribution in [3.8, 4) is 0 Å². The van der Waals surface area contributed by atoms with Crippen LogP contribution in [-0.2, 0) is 16.8 Å². The standard InChI is InChI=1S/C13H9.C10H15.Co/c1-3-7-12-10(5-1)9-11-6-2-4-8-13(11)12;1-6-7(2)9(4)10(5)8(6)3;/h1-9H;1-5H3;/q-1;-5;. The Hall–Kier alpha value is -1.83. The fourth-order valence-corrected chi connectivity index (χ4v) is 3.31. The van der Waals surface area contributed by atoms with Crippen LogP contribution in [-0.4, -0.2) is 0 Å². The maximum atomic E-state index is 2.24. The molecule has 0 heterocycles. The summed E-state index contributed by atoms with van der Waals surface area (Å²) < 4.78 is 0. The van der Waals surface area contributed by atoms with Gasteiger partial charge in [-0.1, -0.05) is 34.4 Å². The van der Waals surface area contributed by atoms with Gasteiger partial charge in [-0.05, 0) is 0 Å². The van der Waals surface area contributed by atoms with Crippen molar-refractivity contribution in [1.82, 2.24) is 0 Å². The molecule has 0 aliphatic carbocycles. The van der Waals surface area contributed by atoms with E-state index in [0.717, 1.165) is 0 Å². The fourth-order valence-electron chi connectivity index (χ4n) is 3.31. The summed E-state index contributed by atoms with van der Waals surface area (Å²) >= 11 is 0. The molecule has 0 amide bonds. The van der Waals surface area contributed by atoms with Gasteiger partial charge >= 0.3 is 0 Å². The van der Waals surface area contributed by atoms with Crippen LogP contribution in [0.25, 0.3) is 21.5 Å². The minimum absolute atomic E-state index is 0. The maximum absolute atomic E-state index is 2.24. The Morgan fingerprint density at radius 3 is 1.71 bits per heavy atom. The molecular formula is C23H24Co-6. The van der Waals surface area contributed by atoms with Gasteiger partial charge in [-0.25, -0.2) is 34.6 Å². The molecule has 24 heavy (non-hydrogen) atoms. The molecule has 1 heteroatoms. The van der Waals surface area contributed by atoms with E-state index in [9.17, 15) is 0 Å². The molecule has 0 aromatic heterocycles. The van der Waals surface area contributed by atoms with Crippen LogP contribution in [0.1, 0.15) is 27.8 Å². The van der Waals surface area contributed by atoms with Gasteiger partial charge < -0.3 is 27.8 Å². The molecule has 0 saturated carbocycles. The summed E-state index contributed by atoms with van der Waals surface area (Å²) in [6.45, 7) is 11.0. The SMILES string of the molecule is C[c-]1[c-](C)[c-](C)[c-](C)[c-]1C.[Co].c1ccc2c(c1)cc1cccc[c-]12. The molecule has 4 aromatic rings. The fraction of sp³-hybridized carbons (Fsp3) is 0.217. The molecule has 4 aromatic carbocycles. The van der Waals surface area contributed by atoms with Crippen LogP contribution in [0.4, 0.5) is 0 Å². The first kappa shape index (κ1) is 18.5. The minimum atomic E-state index is 0. The van der Waals surface area contributed by atoms with Crippen LogP contribution >= 0.6 is 0 Å². The zero-order chi connectivity index (χ0) is 16.6. The van der Waals surface area contributed by atoms with Crippen LogP contribution < -0.4 is 0 Å². The first-order chi connectivity index (χ1) is 11.0. The monoisotopic (exact) mass is 359 g/mol. The van der Waals surface area contributed by atoms with Gasteiger partial charge in [0.15, 0.2) is 0 Å². The molecule has 0 saturated heterocycles. The predicted molar refractivity (Wildman–Crippen MR) is 103 cm³/mol. The maximum Gasteiger partial charge on any atom is 0 e. The molecule has 0 aliphatic rings. The van der Waals surface area contributed by atoms with Gasteiger partial charge in [0, 0.05) is 16.8 Å². The summed E-state index contributed by atoms with van der Waals surface area (Å²) in [4.78, 5) is 0. The second kappa shape index (κ2) is 7.37. The van der Waals surface area contributed by atoms with Crippen molar-refractivity contribution < 1.29 is 16.8 Å². The zero-order valence-electron chi connectivity index (χ0n) is 15.0. The van der Waals surface area contributed by atoms with Gasteiger partial charge in [-0.2, -0.15) is 0 Å². The van der Waals surface area contributed by atoms with Crippen molar-refractivity contribution in [2.75, 3.05) is 0 Å². The number of fused-ring (bicyclic) bond motifs is 3. The summed E-state index contributed by atoms with van der Waals surface area (Å²) in [5.41, 5.74) is 7.34. The van der Waals surface area contributed by atoms with Gasteiger partial charge in [0.05, 0.1) is 0 Å². The van der Waals surface area contributed by atoms with E-state index in [0.29, 0.717) is 0 Å². The Labute approximate surface area is 155 Å². The molecule has 0 aliphatic heterocycles. The number of rotatable bonds is 0. The molecule has 0 spiro atoms. The molecule has 4 rings (SSSR count). The van der Waals surface area contributed by atoms with Gasteiger partial charge in [0.25, 0.3) is 0 Å². The second-order valence-electron chi connectivity index (χ2n) is 6.44. The number of benzene rings is 2. The Bertz CT molecular complexity index is 836. The van der Waals surface area contributed by atoms with E-state index in [2.05, 4.69) is 89.2 Å². The van der Waals surface area contributed by atoms with Crippen LogP contribution in [0.2, 0.25) is 0 Å². The first-order valence-corrected chi connectivity index (χ1v) is 8.23. The molecule has 0 N–H and O–H groups in total. The van der Waals surface area contributed by atoms with Crippen LogP contribution in [0.5, 0.6) is 0 Å². The molecule has 131 valence electrons. The summed E-state index contributed by atoms with van der Waals surface area (Å²) in [5.74, 6) is 0. The van der Waals surface area contributed by atoms with E-state index in [1.807, 2.05) is 0 Å². The Kier molecular flexibility index (Phi) is 5.69. The molecular weight excluding hydrogens is 335 g/mol. The summed E-state index contributed by atoms with van der Waals surface area (Å²) in [6, 6.07) is 19.3. The average Bonchev–Trinajstić information content (AvgIpc) is 3.04. The molecule has 0 fully saturated rings. The van der Waals surface area contributed by atoms with Crippen molar-refractivity contribution >= 4 is 21.5 Å². The van der Waals surface area contributed by atoms with E-state index in [-0.39, 0.29) is 16.8 Å². The Balaban J connectivity index is 0.000000173. The zero-order valence-corrected chi connectivity index (χ0v) is 16.1. The van der Waals surface area contributed by atoms with Gasteiger partial charge in [0.2, 0.25) is 0 Å². The normalized spacial score (nSPS) is 10.4. The van der Waals surface area contributed by atoms with Crippen molar-refractivity contribution in [2.45, 2.75) is 34.6 Å². The van der Waals surface area contributed by atoms with Crippen molar-refractivity contribution in [1.29, 1.82) is 0 Å². The topological polar surface area (TPSA) is 0 Å². The smallest absolute Gasteiger partial charge is 0 e. The third kappa shape index (κ3) is 3.19. The van der Waals surface area contributed by atoms with E-state index in [1.54, 1.807) is 0 Å². The second-order valence-corrected chi connectivity index (χ2v) is 6.44. The number of hydrogen-bond donors (Lipinski definition) is 0. The van der Waals surface area contributed by atoms with E-state index in [4.69, 9.17) is 0 Å². The average molecular weight is 359 g/mol. The van der Waals surface area contributed by atoms with Crippen molar-refractivity contribution in [3.63, 3.8) is 0 Å². The quantitative estimate of drug-likeness (QED) is 0.308. The van der Waals surface area contributed by atoms with Crippen LogP contribution in [0, 0.1) is 34.6 Å². The predicted octanol–water partition coefficient (Wildman–Crippen LogP) is 6.66. The third-order valence-corrected chi connectivity index (χ3v) is 5.34. The molecule has 1 radical (unpaired) electrons. The summed E-state index contributed by atoms with van der Waals surface area (Å²) in [5, 5.41) is 5.39. The van der Waals surface area contributed by atoms with E-state index < -0.39 is 0 Å². The van der Waals surface area contributed by atoms with Gasteiger partial charge in [0.1, 0.15) is 0 Å². The molecule has 0 atom stereocenters. The van der Waals surface area contributed by atoms with E-state index in [1.165, 1.54) is 49.4 Å². The van der Waals surface area contributed by atoms with Crippen molar-refractivity contribution in [3.05, 3.63) is 82.4 Å². The third-order valence-electron chi connectivity index (χ3n) is 5.34. The number of hydrogen-bond acceptors (Lipinski definition) is 0. The first-order valence-electron chi connectivity index (χ1n) is 8.23. The summed E-state index contributed by atoms with van der Waals surface area (Å²) in [6.07, 6.45) is 0. The molecule has 0 nitrogen and oxygen atoms in total. The van der Waals surface area contributed by atoms with Gasteiger partial charge in [-0.3, -0.25) is 0 Å². The minimum Gasteiger partial charge on any atom is -0.731 e. The molecule has 0 unspecified atom stereocenters. The van der Waals surface area contributed by atoms with Crippen LogP contribution in [0.3, 0.4) is 0 Å². The summed E-state index contributed by atoms with van der Waals surface area (Å²) in [7, 11) is 0. The Morgan fingerprint density at radius 1 is 0.625 bits per heavy atom. The molecule has 0 bridgehead atoms. The Morgan fingerprint density at radius 2 is 1.12 bits per heavy atom. The van der Waals surface area contributed by atoms with E-state index >= 15 is 0 Å². The van der Waals surface area contributed by atoms with Crippen molar-refractivity contribution in [2.24, 2.45) is 0 Å². The largest absolute Gasteiger partial charge is 0.731 e. The van der Waals surface area contributed by atoms with Gasteiger partial charge in [-0.15, -0.1) is 41.8 Å². The van der Waals surface area contributed by atoms with Crippen LogP contribution in [0.15, 0.2) is 54.6 Å².